The van der Waals surface area contributed by atoms with Crippen LogP contribution < -0.4 is 22.2 Å². The third-order valence-corrected chi connectivity index (χ3v) is 5.26. The van der Waals surface area contributed by atoms with Crippen LogP contribution in [0.15, 0.2) is 17.3 Å². The van der Waals surface area contributed by atoms with Crippen molar-refractivity contribution >= 4 is 40.2 Å². The van der Waals surface area contributed by atoms with Crippen molar-refractivity contribution in [1.29, 1.82) is 0 Å². The average Bonchev–Trinajstić information content (AvgIpc) is 3.25. The van der Waals surface area contributed by atoms with Gasteiger partial charge in [0.05, 0.1) is 34.4 Å². The van der Waals surface area contributed by atoms with E-state index in [2.05, 4.69) is 26.0 Å². The number of rotatable bonds is 7. The standard InChI is InChI=1S/C10H20N4O3.C9H11N3S2/c1-10(2,3)17-9(16)13-6-8(11)7-14(12)4-5-15;1-5-8(14-6(2)11-5)7-4-13-9(10-3)12-7/h5,7H,4,6,11-12H2,1-3H3,(H,13,16);4H,1-3H3,(H,10,12)/b8-7-;. The average molecular weight is 470 g/mol. The molecule has 0 bridgehead atoms. The molecule has 2 rings (SSSR count). The van der Waals surface area contributed by atoms with Crippen LogP contribution in [0, 0.1) is 13.8 Å². The molecule has 10 nitrogen and oxygen atoms in total. The van der Waals surface area contributed by atoms with Gasteiger partial charge in [-0.05, 0) is 34.6 Å². The molecular weight excluding hydrogens is 438 g/mol. The Kier molecular flexibility index (Phi) is 10.4. The zero-order chi connectivity index (χ0) is 23.6. The van der Waals surface area contributed by atoms with Gasteiger partial charge < -0.3 is 30.9 Å². The lowest BCUT2D eigenvalue weighted by Gasteiger charge is -2.20. The molecule has 31 heavy (non-hydrogen) atoms. The number of nitrogens with zero attached hydrogens (tertiary/aromatic N) is 3. The fourth-order valence-electron chi connectivity index (χ4n) is 2.15. The van der Waals surface area contributed by atoms with Gasteiger partial charge in [0, 0.05) is 24.3 Å². The van der Waals surface area contributed by atoms with Crippen molar-refractivity contribution in [2.75, 3.05) is 25.5 Å². The Morgan fingerprint density at radius 2 is 2.00 bits per heavy atom. The fraction of sp³-hybridized carbons (Fsp3) is 0.474. The van der Waals surface area contributed by atoms with Crippen molar-refractivity contribution in [2.45, 2.75) is 40.2 Å². The van der Waals surface area contributed by atoms with E-state index < -0.39 is 11.7 Å². The number of carbonyl (C=O) groups is 2. The minimum Gasteiger partial charge on any atom is -0.444 e. The second kappa shape index (κ2) is 12.2. The Bertz CT molecular complexity index is 887. The van der Waals surface area contributed by atoms with Crippen LogP contribution in [0.2, 0.25) is 0 Å². The number of ether oxygens (including phenoxy) is 1. The first-order chi connectivity index (χ1) is 14.4. The highest BCUT2D eigenvalue weighted by atomic mass is 32.1. The maximum absolute atomic E-state index is 11.3. The van der Waals surface area contributed by atoms with Crippen molar-refractivity contribution in [2.24, 2.45) is 11.6 Å². The van der Waals surface area contributed by atoms with E-state index in [0.717, 1.165) is 26.5 Å². The van der Waals surface area contributed by atoms with E-state index in [-0.39, 0.29) is 13.1 Å². The van der Waals surface area contributed by atoms with Gasteiger partial charge in [-0.3, -0.25) is 0 Å². The Morgan fingerprint density at radius 3 is 2.48 bits per heavy atom. The summed E-state index contributed by atoms with van der Waals surface area (Å²) in [6.07, 6.45) is 1.45. The second-order valence-electron chi connectivity index (χ2n) is 7.36. The van der Waals surface area contributed by atoms with Crippen LogP contribution in [-0.4, -0.2) is 53.1 Å². The number of nitrogens with two attached hydrogens (primary N) is 2. The third-order valence-electron chi connectivity index (χ3n) is 3.31. The van der Waals surface area contributed by atoms with E-state index >= 15 is 0 Å². The van der Waals surface area contributed by atoms with Crippen molar-refractivity contribution in [3.63, 3.8) is 0 Å². The van der Waals surface area contributed by atoms with Crippen molar-refractivity contribution < 1.29 is 14.3 Å². The Morgan fingerprint density at radius 1 is 1.32 bits per heavy atom. The summed E-state index contributed by atoms with van der Waals surface area (Å²) in [6.45, 7) is 9.46. The molecule has 0 aliphatic rings. The quantitative estimate of drug-likeness (QED) is 0.273. The molecule has 0 saturated heterocycles. The summed E-state index contributed by atoms with van der Waals surface area (Å²) in [5.41, 5.74) is 7.43. The van der Waals surface area contributed by atoms with Gasteiger partial charge in [0.15, 0.2) is 5.13 Å². The van der Waals surface area contributed by atoms with Gasteiger partial charge in [-0.2, -0.15) is 0 Å². The van der Waals surface area contributed by atoms with Crippen LogP contribution >= 0.6 is 22.7 Å². The number of hydrazine groups is 1. The zero-order valence-corrected chi connectivity index (χ0v) is 20.3. The largest absolute Gasteiger partial charge is 0.444 e. The molecule has 0 aliphatic heterocycles. The number of aromatic nitrogens is 2. The number of amides is 1. The van der Waals surface area contributed by atoms with Crippen LogP contribution in [0.1, 0.15) is 31.5 Å². The summed E-state index contributed by atoms with van der Waals surface area (Å²) in [6, 6.07) is 0. The Hall–Kier alpha value is -2.70. The predicted octanol–water partition coefficient (Wildman–Crippen LogP) is 2.61. The molecule has 172 valence electrons. The summed E-state index contributed by atoms with van der Waals surface area (Å²) in [4.78, 5) is 31.4. The van der Waals surface area contributed by atoms with Gasteiger partial charge in [0.1, 0.15) is 11.9 Å². The van der Waals surface area contributed by atoms with Crippen LogP contribution in [0.3, 0.4) is 0 Å². The monoisotopic (exact) mass is 469 g/mol. The lowest BCUT2D eigenvalue weighted by atomic mass is 10.2. The molecule has 0 spiro atoms. The lowest BCUT2D eigenvalue weighted by Crippen LogP contribution is -2.36. The minimum atomic E-state index is -0.562. The number of aryl methyl sites for hydroxylation is 2. The van der Waals surface area contributed by atoms with E-state index in [9.17, 15) is 9.59 Å². The second-order valence-corrected chi connectivity index (χ2v) is 9.42. The van der Waals surface area contributed by atoms with E-state index in [1.165, 1.54) is 11.1 Å². The molecule has 1 amide bonds. The fourth-order valence-corrected chi connectivity index (χ4v) is 3.77. The number of aldehydes is 1. The molecule has 0 aliphatic carbocycles. The number of hydrogen-bond acceptors (Lipinski definition) is 11. The maximum atomic E-state index is 11.3. The number of thiazole rings is 2. The van der Waals surface area contributed by atoms with Gasteiger partial charge >= 0.3 is 6.09 Å². The van der Waals surface area contributed by atoms with Gasteiger partial charge in [0.25, 0.3) is 0 Å². The molecule has 0 unspecified atom stereocenters. The van der Waals surface area contributed by atoms with E-state index in [1.807, 2.05) is 20.9 Å². The summed E-state index contributed by atoms with van der Waals surface area (Å²) in [5, 5.41) is 10.7. The van der Waals surface area contributed by atoms with E-state index in [4.69, 9.17) is 16.3 Å². The van der Waals surface area contributed by atoms with E-state index in [1.54, 1.807) is 43.4 Å². The smallest absolute Gasteiger partial charge is 0.407 e. The maximum Gasteiger partial charge on any atom is 0.407 e. The Labute approximate surface area is 190 Å². The SMILES string of the molecule is CC(C)(C)OC(=O)NC/C(N)=C/N(N)CC=O.CNc1nc(-c2sc(C)nc2C)cs1. The molecule has 6 N–H and O–H groups in total. The number of anilines is 1. The van der Waals surface area contributed by atoms with Crippen LogP contribution in [-0.2, 0) is 9.53 Å². The number of alkyl carbamates (subject to hydrolysis) is 1. The summed E-state index contributed by atoms with van der Waals surface area (Å²) < 4.78 is 5.01. The third kappa shape index (κ3) is 10.2. The number of carbonyl (C=O) groups excluding carboxylic acids is 2. The Balaban J connectivity index is 0.000000314. The van der Waals surface area contributed by atoms with Gasteiger partial charge in [-0.1, -0.05) is 0 Å². The van der Waals surface area contributed by atoms with Gasteiger partial charge in [-0.15, -0.1) is 22.7 Å². The topological polar surface area (TPSA) is 148 Å². The van der Waals surface area contributed by atoms with Crippen molar-refractivity contribution in [3.8, 4) is 10.6 Å². The van der Waals surface area contributed by atoms with E-state index in [0.29, 0.717) is 12.0 Å². The van der Waals surface area contributed by atoms with Crippen molar-refractivity contribution in [3.05, 3.63) is 28.0 Å². The van der Waals surface area contributed by atoms with Crippen LogP contribution in [0.5, 0.6) is 0 Å². The van der Waals surface area contributed by atoms with Crippen molar-refractivity contribution in [1.82, 2.24) is 20.3 Å². The first-order valence-electron chi connectivity index (χ1n) is 9.40. The molecule has 0 radical (unpaired) electrons. The number of hydrogen-bond donors (Lipinski definition) is 4. The molecule has 0 aromatic carbocycles. The first-order valence-corrected chi connectivity index (χ1v) is 11.1. The van der Waals surface area contributed by atoms with Crippen LogP contribution in [0.4, 0.5) is 9.93 Å². The highest BCUT2D eigenvalue weighted by molar-refractivity contribution is 7.16. The normalized spacial score (nSPS) is 11.3. The first kappa shape index (κ1) is 26.3. The summed E-state index contributed by atoms with van der Waals surface area (Å²) in [7, 11) is 1.88. The molecule has 2 aromatic heterocycles. The number of nitrogens with one attached hydrogen (secondary N) is 2. The highest BCUT2D eigenvalue weighted by Crippen LogP contribution is 2.31. The summed E-state index contributed by atoms with van der Waals surface area (Å²) >= 11 is 3.32. The molecule has 0 atom stereocenters. The molecule has 2 heterocycles. The van der Waals surface area contributed by atoms with Crippen LogP contribution in [0.25, 0.3) is 10.6 Å². The molecular formula is C19H31N7O3S2. The highest BCUT2D eigenvalue weighted by Gasteiger charge is 2.15. The lowest BCUT2D eigenvalue weighted by molar-refractivity contribution is -0.108. The minimum absolute atomic E-state index is 0.0349. The molecule has 0 fully saturated rings. The summed E-state index contributed by atoms with van der Waals surface area (Å²) in [5.74, 6) is 5.40. The predicted molar refractivity (Wildman–Crippen MR) is 126 cm³/mol. The molecule has 0 saturated carbocycles. The molecule has 12 heteroatoms. The zero-order valence-electron chi connectivity index (χ0n) is 18.7. The van der Waals surface area contributed by atoms with Gasteiger partial charge in [-0.25, -0.2) is 20.6 Å². The molecule has 2 aromatic rings. The van der Waals surface area contributed by atoms with Gasteiger partial charge in [0.2, 0.25) is 0 Å².